The van der Waals surface area contributed by atoms with Crippen molar-refractivity contribution in [2.45, 2.75) is 39.0 Å². The van der Waals surface area contributed by atoms with Gasteiger partial charge >= 0.3 is 0 Å². The molecule has 4 heteroatoms. The summed E-state index contributed by atoms with van der Waals surface area (Å²) in [4.78, 5) is 0. The summed E-state index contributed by atoms with van der Waals surface area (Å²) in [6.07, 6.45) is 0. The largest absolute Gasteiger partial charge is 0.403 e. The zero-order valence-electron chi connectivity index (χ0n) is 16.7. The number of hydrogen-bond acceptors (Lipinski definition) is 2. The van der Waals surface area contributed by atoms with Gasteiger partial charge in [-0.15, -0.1) is 0 Å². The van der Waals surface area contributed by atoms with E-state index >= 15 is 0 Å². The van der Waals surface area contributed by atoms with Gasteiger partial charge in [0.05, 0.1) is 13.2 Å². The Morgan fingerprint density at radius 1 is 0.857 bits per heavy atom. The van der Waals surface area contributed by atoms with Gasteiger partial charge in [0.25, 0.3) is 8.32 Å². The Balaban J connectivity index is 2.09. The zero-order valence-corrected chi connectivity index (χ0v) is 18.4. The summed E-state index contributed by atoms with van der Waals surface area (Å²) in [7, 11) is -2.58. The highest BCUT2D eigenvalue weighted by molar-refractivity contribution is 6.99. The van der Waals surface area contributed by atoms with E-state index < -0.39 is 8.32 Å². The van der Waals surface area contributed by atoms with Crippen LogP contribution in [0.4, 0.5) is 0 Å². The van der Waals surface area contributed by atoms with Crippen LogP contribution in [0.3, 0.4) is 0 Å². The van der Waals surface area contributed by atoms with Crippen molar-refractivity contribution in [3.05, 3.63) is 95.0 Å². The molecule has 0 fully saturated rings. The molecule has 0 aromatic heterocycles. The summed E-state index contributed by atoms with van der Waals surface area (Å²) in [6, 6.07) is 26.8. The number of halogens is 1. The Bertz CT molecular complexity index is 865. The number of aliphatic hydroxyl groups is 1. The van der Waals surface area contributed by atoms with Gasteiger partial charge in [-0.2, -0.15) is 0 Å². The summed E-state index contributed by atoms with van der Waals surface area (Å²) in [5.74, 6) is 0. The molecular weight excluding hydrogens is 384 g/mol. The maximum absolute atomic E-state index is 9.33. The van der Waals surface area contributed by atoms with Crippen molar-refractivity contribution in [2.75, 3.05) is 0 Å². The molecule has 3 aromatic carbocycles. The molecule has 28 heavy (non-hydrogen) atoms. The monoisotopic (exact) mass is 410 g/mol. The molecule has 0 spiro atoms. The minimum absolute atomic E-state index is 0.0183. The van der Waals surface area contributed by atoms with Crippen molar-refractivity contribution in [2.24, 2.45) is 0 Å². The van der Waals surface area contributed by atoms with Gasteiger partial charge in [-0.3, -0.25) is 0 Å². The van der Waals surface area contributed by atoms with Gasteiger partial charge in [-0.1, -0.05) is 105 Å². The van der Waals surface area contributed by atoms with E-state index in [2.05, 4.69) is 69.3 Å². The van der Waals surface area contributed by atoms with Crippen molar-refractivity contribution >= 4 is 30.3 Å². The lowest BCUT2D eigenvalue weighted by Crippen LogP contribution is -2.66. The molecule has 146 valence electrons. The standard InChI is InChI=1S/C24H27ClO2Si/c1-24(2,3)28(21-10-6-4-7-11-21,22-12-8-5-9-13-22)27-18-20-15-14-19(17-26)16-23(20)25/h4-16,26H,17-18H2,1-3H3. The highest BCUT2D eigenvalue weighted by Gasteiger charge is 2.50. The first kappa shape index (κ1) is 20.8. The van der Waals surface area contributed by atoms with Crippen LogP contribution in [-0.2, 0) is 17.6 Å². The summed E-state index contributed by atoms with van der Waals surface area (Å²) in [5.41, 5.74) is 1.74. The molecule has 0 saturated heterocycles. The van der Waals surface area contributed by atoms with Crippen LogP contribution in [0.5, 0.6) is 0 Å². The topological polar surface area (TPSA) is 29.5 Å². The molecule has 0 amide bonds. The molecule has 0 saturated carbocycles. The van der Waals surface area contributed by atoms with Crippen molar-refractivity contribution in [1.82, 2.24) is 0 Å². The molecule has 3 rings (SSSR count). The van der Waals surface area contributed by atoms with Gasteiger partial charge in [0.15, 0.2) is 0 Å². The molecule has 0 bridgehead atoms. The fraction of sp³-hybridized carbons (Fsp3) is 0.250. The molecule has 0 heterocycles. The number of benzene rings is 3. The second kappa shape index (κ2) is 8.62. The molecular formula is C24H27ClO2Si. The van der Waals surface area contributed by atoms with Gasteiger partial charge < -0.3 is 9.53 Å². The third kappa shape index (κ3) is 4.08. The number of hydrogen-bond donors (Lipinski definition) is 1. The predicted molar refractivity (Wildman–Crippen MR) is 120 cm³/mol. The second-order valence-corrected chi connectivity index (χ2v) is 12.7. The molecule has 1 N–H and O–H groups in total. The highest BCUT2D eigenvalue weighted by Crippen LogP contribution is 2.37. The fourth-order valence-electron chi connectivity index (χ4n) is 3.75. The van der Waals surface area contributed by atoms with E-state index in [9.17, 15) is 5.11 Å². The molecule has 0 aliphatic heterocycles. The van der Waals surface area contributed by atoms with E-state index in [0.29, 0.717) is 11.6 Å². The molecule has 0 atom stereocenters. The van der Waals surface area contributed by atoms with Crippen LogP contribution in [0.2, 0.25) is 10.1 Å². The SMILES string of the molecule is CC(C)(C)[Si](OCc1ccc(CO)cc1Cl)(c1ccccc1)c1ccccc1. The van der Waals surface area contributed by atoms with Crippen LogP contribution in [-0.4, -0.2) is 13.4 Å². The molecule has 3 aromatic rings. The normalized spacial score (nSPS) is 12.2. The Morgan fingerprint density at radius 3 is 1.82 bits per heavy atom. The Morgan fingerprint density at radius 2 is 1.39 bits per heavy atom. The van der Waals surface area contributed by atoms with Gasteiger partial charge in [0.1, 0.15) is 0 Å². The van der Waals surface area contributed by atoms with Gasteiger partial charge in [-0.25, -0.2) is 0 Å². The predicted octanol–water partition coefficient (Wildman–Crippen LogP) is 4.91. The summed E-state index contributed by atoms with van der Waals surface area (Å²) >= 11 is 6.47. The molecule has 0 aliphatic carbocycles. The van der Waals surface area contributed by atoms with Crippen LogP contribution in [0.25, 0.3) is 0 Å². The lowest BCUT2D eigenvalue weighted by atomic mass is 10.1. The van der Waals surface area contributed by atoms with Gasteiger partial charge in [-0.05, 0) is 32.6 Å². The third-order valence-corrected chi connectivity index (χ3v) is 10.5. The lowest BCUT2D eigenvalue weighted by molar-refractivity contribution is 0.280. The maximum Gasteiger partial charge on any atom is 0.261 e. The average molecular weight is 411 g/mol. The first-order valence-electron chi connectivity index (χ1n) is 9.51. The first-order chi connectivity index (χ1) is 13.4. The molecule has 0 unspecified atom stereocenters. The van der Waals surface area contributed by atoms with Crippen LogP contribution in [0, 0.1) is 0 Å². The fourth-order valence-corrected chi connectivity index (χ4v) is 8.54. The van der Waals surface area contributed by atoms with Gasteiger partial charge in [0.2, 0.25) is 0 Å². The molecule has 2 nitrogen and oxygen atoms in total. The lowest BCUT2D eigenvalue weighted by Gasteiger charge is -2.43. The summed E-state index contributed by atoms with van der Waals surface area (Å²) < 4.78 is 6.90. The smallest absolute Gasteiger partial charge is 0.261 e. The maximum atomic E-state index is 9.33. The van der Waals surface area contributed by atoms with Crippen molar-refractivity contribution < 1.29 is 9.53 Å². The minimum atomic E-state index is -2.58. The Kier molecular flexibility index (Phi) is 6.41. The molecule has 0 aliphatic rings. The molecule has 0 radical (unpaired) electrons. The van der Waals surface area contributed by atoms with Crippen LogP contribution >= 0.6 is 11.6 Å². The van der Waals surface area contributed by atoms with E-state index in [1.165, 1.54) is 10.4 Å². The summed E-state index contributed by atoms with van der Waals surface area (Å²) in [6.45, 7) is 7.19. The van der Waals surface area contributed by atoms with E-state index in [1.807, 2.05) is 30.3 Å². The third-order valence-electron chi connectivity index (χ3n) is 5.16. The average Bonchev–Trinajstić information content (AvgIpc) is 2.70. The second-order valence-electron chi connectivity index (χ2n) is 8.04. The minimum Gasteiger partial charge on any atom is -0.403 e. The van der Waals surface area contributed by atoms with Crippen LogP contribution < -0.4 is 10.4 Å². The number of aliphatic hydroxyl groups excluding tert-OH is 1. The summed E-state index contributed by atoms with van der Waals surface area (Å²) in [5, 5.41) is 12.4. The van der Waals surface area contributed by atoms with Gasteiger partial charge in [0, 0.05) is 5.02 Å². The Hall–Kier alpha value is -1.91. The first-order valence-corrected chi connectivity index (χ1v) is 11.8. The van der Waals surface area contributed by atoms with E-state index in [4.69, 9.17) is 16.0 Å². The van der Waals surface area contributed by atoms with Crippen molar-refractivity contribution in [3.8, 4) is 0 Å². The van der Waals surface area contributed by atoms with E-state index in [1.54, 1.807) is 0 Å². The van der Waals surface area contributed by atoms with E-state index in [0.717, 1.165) is 11.1 Å². The Labute approximate surface area is 173 Å². The van der Waals surface area contributed by atoms with Crippen molar-refractivity contribution in [3.63, 3.8) is 0 Å². The van der Waals surface area contributed by atoms with Crippen molar-refractivity contribution in [1.29, 1.82) is 0 Å². The zero-order chi connectivity index (χ0) is 20.2. The van der Waals surface area contributed by atoms with Crippen LogP contribution in [0.1, 0.15) is 31.9 Å². The van der Waals surface area contributed by atoms with E-state index in [-0.39, 0.29) is 11.6 Å². The van der Waals surface area contributed by atoms with Crippen LogP contribution in [0.15, 0.2) is 78.9 Å². The number of rotatable bonds is 6. The quantitative estimate of drug-likeness (QED) is 0.585. The highest BCUT2D eigenvalue weighted by atomic mass is 35.5.